The summed E-state index contributed by atoms with van der Waals surface area (Å²) < 4.78 is 5.14. The molecule has 6 heteroatoms. The Hall–Kier alpha value is -1.30. The fourth-order valence-electron chi connectivity index (χ4n) is 1.62. The summed E-state index contributed by atoms with van der Waals surface area (Å²) in [6, 6.07) is -0.105. The minimum Gasteiger partial charge on any atom is -0.481 e. The SMILES string of the molecule is CC(CCC(=O)O)CNC(=O)NC1CCOC1. The maximum absolute atomic E-state index is 11.4. The molecule has 0 bridgehead atoms. The monoisotopic (exact) mass is 244 g/mol. The maximum Gasteiger partial charge on any atom is 0.315 e. The van der Waals surface area contributed by atoms with Crippen LogP contribution in [0.25, 0.3) is 0 Å². The largest absolute Gasteiger partial charge is 0.481 e. The zero-order valence-corrected chi connectivity index (χ0v) is 10.1. The van der Waals surface area contributed by atoms with Gasteiger partial charge in [-0.25, -0.2) is 4.79 Å². The molecule has 0 radical (unpaired) electrons. The Kier molecular flexibility index (Phi) is 5.76. The minimum absolute atomic E-state index is 0.101. The first-order valence-electron chi connectivity index (χ1n) is 5.92. The molecule has 1 fully saturated rings. The van der Waals surface area contributed by atoms with Crippen LogP contribution in [0.4, 0.5) is 4.79 Å². The Morgan fingerprint density at radius 1 is 1.53 bits per heavy atom. The average Bonchev–Trinajstić information content (AvgIpc) is 2.76. The first kappa shape index (κ1) is 13.8. The van der Waals surface area contributed by atoms with Gasteiger partial charge in [-0.3, -0.25) is 4.79 Å². The van der Waals surface area contributed by atoms with Gasteiger partial charge >= 0.3 is 12.0 Å². The Balaban J connectivity index is 2.07. The highest BCUT2D eigenvalue weighted by Crippen LogP contribution is 2.05. The Morgan fingerprint density at radius 3 is 2.88 bits per heavy atom. The van der Waals surface area contributed by atoms with Gasteiger partial charge in [0.15, 0.2) is 0 Å². The van der Waals surface area contributed by atoms with Crippen molar-refractivity contribution in [3.63, 3.8) is 0 Å². The normalized spacial score (nSPS) is 20.9. The molecule has 0 aromatic carbocycles. The zero-order chi connectivity index (χ0) is 12.7. The number of hydrogen-bond acceptors (Lipinski definition) is 3. The lowest BCUT2D eigenvalue weighted by molar-refractivity contribution is -0.137. The highest BCUT2D eigenvalue weighted by Gasteiger charge is 2.17. The number of urea groups is 1. The van der Waals surface area contributed by atoms with Crippen LogP contribution >= 0.6 is 0 Å². The minimum atomic E-state index is -0.801. The van der Waals surface area contributed by atoms with E-state index in [-0.39, 0.29) is 24.4 Å². The fourth-order valence-corrected chi connectivity index (χ4v) is 1.62. The van der Waals surface area contributed by atoms with Crippen LogP contribution in [0.1, 0.15) is 26.2 Å². The number of rotatable bonds is 6. The number of ether oxygens (including phenoxy) is 1. The highest BCUT2D eigenvalue weighted by molar-refractivity contribution is 5.74. The molecule has 2 amide bonds. The van der Waals surface area contributed by atoms with E-state index in [4.69, 9.17) is 9.84 Å². The van der Waals surface area contributed by atoms with Crippen LogP contribution in [-0.4, -0.2) is 42.9 Å². The molecule has 0 saturated carbocycles. The van der Waals surface area contributed by atoms with E-state index in [1.807, 2.05) is 6.92 Å². The summed E-state index contributed by atoms with van der Waals surface area (Å²) >= 11 is 0. The quantitative estimate of drug-likeness (QED) is 0.637. The third-order valence-electron chi connectivity index (χ3n) is 2.73. The van der Waals surface area contributed by atoms with Gasteiger partial charge in [0.1, 0.15) is 0 Å². The average molecular weight is 244 g/mol. The van der Waals surface area contributed by atoms with Crippen LogP contribution in [0.2, 0.25) is 0 Å². The van der Waals surface area contributed by atoms with E-state index in [0.717, 1.165) is 6.42 Å². The molecule has 17 heavy (non-hydrogen) atoms. The standard InChI is InChI=1S/C11H20N2O4/c1-8(2-3-10(14)15)6-12-11(16)13-9-4-5-17-7-9/h8-9H,2-7H2,1H3,(H,14,15)(H2,12,13,16). The van der Waals surface area contributed by atoms with Gasteiger partial charge in [-0.15, -0.1) is 0 Å². The molecule has 1 heterocycles. The van der Waals surface area contributed by atoms with Crippen molar-refractivity contribution < 1.29 is 19.4 Å². The van der Waals surface area contributed by atoms with Gasteiger partial charge in [0, 0.05) is 19.6 Å². The summed E-state index contributed by atoms with van der Waals surface area (Å²) in [5.41, 5.74) is 0. The summed E-state index contributed by atoms with van der Waals surface area (Å²) in [4.78, 5) is 21.8. The molecule has 0 aliphatic carbocycles. The third-order valence-corrected chi connectivity index (χ3v) is 2.73. The lowest BCUT2D eigenvalue weighted by Crippen LogP contribution is -2.43. The van der Waals surface area contributed by atoms with E-state index in [9.17, 15) is 9.59 Å². The second kappa shape index (κ2) is 7.11. The van der Waals surface area contributed by atoms with E-state index in [1.54, 1.807) is 0 Å². The van der Waals surface area contributed by atoms with Crippen molar-refractivity contribution in [2.75, 3.05) is 19.8 Å². The number of hydrogen-bond donors (Lipinski definition) is 3. The van der Waals surface area contributed by atoms with Crippen molar-refractivity contribution >= 4 is 12.0 Å². The van der Waals surface area contributed by atoms with Crippen LogP contribution in [0.5, 0.6) is 0 Å². The van der Waals surface area contributed by atoms with Gasteiger partial charge < -0.3 is 20.5 Å². The predicted octanol–water partition coefficient (Wildman–Crippen LogP) is 0.575. The number of carbonyl (C=O) groups excluding carboxylic acids is 1. The summed E-state index contributed by atoms with van der Waals surface area (Å²) in [7, 11) is 0. The molecule has 1 aliphatic heterocycles. The van der Waals surface area contributed by atoms with Crippen molar-refractivity contribution in [1.29, 1.82) is 0 Å². The van der Waals surface area contributed by atoms with Gasteiger partial charge in [0.2, 0.25) is 0 Å². The zero-order valence-electron chi connectivity index (χ0n) is 10.1. The summed E-state index contributed by atoms with van der Waals surface area (Å²) in [5, 5.41) is 14.1. The van der Waals surface area contributed by atoms with E-state index in [2.05, 4.69) is 10.6 Å². The van der Waals surface area contributed by atoms with Crippen molar-refractivity contribution in [2.24, 2.45) is 5.92 Å². The number of carboxylic acids is 1. The lowest BCUT2D eigenvalue weighted by Gasteiger charge is -2.14. The summed E-state index contributed by atoms with van der Waals surface area (Å²) in [6.45, 7) is 3.68. The Bertz CT molecular complexity index is 264. The second-order valence-corrected chi connectivity index (χ2v) is 4.45. The smallest absolute Gasteiger partial charge is 0.315 e. The van der Waals surface area contributed by atoms with Gasteiger partial charge in [0.05, 0.1) is 12.6 Å². The lowest BCUT2D eigenvalue weighted by atomic mass is 10.1. The number of carbonyl (C=O) groups is 2. The van der Waals surface area contributed by atoms with Crippen LogP contribution in [0.3, 0.4) is 0 Å². The molecule has 1 aliphatic rings. The van der Waals surface area contributed by atoms with Crippen LogP contribution in [0.15, 0.2) is 0 Å². The molecule has 3 N–H and O–H groups in total. The second-order valence-electron chi connectivity index (χ2n) is 4.45. The Morgan fingerprint density at radius 2 is 2.29 bits per heavy atom. The third kappa shape index (κ3) is 6.11. The van der Waals surface area contributed by atoms with E-state index < -0.39 is 5.97 Å². The maximum atomic E-state index is 11.4. The van der Waals surface area contributed by atoms with E-state index in [1.165, 1.54) is 0 Å². The van der Waals surface area contributed by atoms with Crippen molar-refractivity contribution in [1.82, 2.24) is 10.6 Å². The van der Waals surface area contributed by atoms with Gasteiger partial charge in [-0.2, -0.15) is 0 Å². The number of amides is 2. The number of aliphatic carboxylic acids is 1. The van der Waals surface area contributed by atoms with Gasteiger partial charge in [-0.05, 0) is 18.8 Å². The van der Waals surface area contributed by atoms with Crippen molar-refractivity contribution in [3.05, 3.63) is 0 Å². The summed E-state index contributed by atoms with van der Waals surface area (Å²) in [6.07, 6.45) is 1.56. The first-order chi connectivity index (χ1) is 8.08. The molecule has 2 unspecified atom stereocenters. The molecule has 1 rings (SSSR count). The molecule has 0 aromatic rings. The predicted molar refractivity (Wildman–Crippen MR) is 61.8 cm³/mol. The molecule has 98 valence electrons. The number of carboxylic acid groups (broad SMARTS) is 1. The van der Waals surface area contributed by atoms with Crippen molar-refractivity contribution in [2.45, 2.75) is 32.2 Å². The molecule has 1 saturated heterocycles. The van der Waals surface area contributed by atoms with Gasteiger partial charge in [-0.1, -0.05) is 6.92 Å². The molecule has 0 aromatic heterocycles. The molecular formula is C11H20N2O4. The highest BCUT2D eigenvalue weighted by atomic mass is 16.5. The van der Waals surface area contributed by atoms with Gasteiger partial charge in [0.25, 0.3) is 0 Å². The molecule has 2 atom stereocenters. The van der Waals surface area contributed by atoms with E-state index in [0.29, 0.717) is 26.2 Å². The molecule has 0 spiro atoms. The topological polar surface area (TPSA) is 87.7 Å². The Labute approximate surface area is 101 Å². The first-order valence-corrected chi connectivity index (χ1v) is 5.92. The fraction of sp³-hybridized carbons (Fsp3) is 0.818. The van der Waals surface area contributed by atoms with Crippen molar-refractivity contribution in [3.8, 4) is 0 Å². The number of nitrogens with one attached hydrogen (secondary N) is 2. The van der Waals surface area contributed by atoms with Crippen LogP contribution < -0.4 is 10.6 Å². The van der Waals surface area contributed by atoms with Crippen LogP contribution in [-0.2, 0) is 9.53 Å². The molecular weight excluding hydrogens is 224 g/mol. The summed E-state index contributed by atoms with van der Waals surface area (Å²) in [5.74, 6) is -0.638. The van der Waals surface area contributed by atoms with Crippen LogP contribution in [0, 0.1) is 5.92 Å². The van der Waals surface area contributed by atoms with E-state index >= 15 is 0 Å². The molecule has 6 nitrogen and oxygen atoms in total.